The van der Waals surface area contributed by atoms with E-state index < -0.39 is 6.67 Å². The van der Waals surface area contributed by atoms with Crippen molar-refractivity contribution in [3.05, 3.63) is 95.9 Å². The molecule has 1 aromatic heterocycles. The fourth-order valence-electron chi connectivity index (χ4n) is 4.70. The lowest BCUT2D eigenvalue weighted by Crippen LogP contribution is -2.28. The molecule has 1 N–H and O–H groups in total. The molecule has 1 fully saturated rings. The summed E-state index contributed by atoms with van der Waals surface area (Å²) in [6.07, 6.45) is 2.63. The lowest BCUT2D eigenvalue weighted by Gasteiger charge is -2.20. The quantitative estimate of drug-likeness (QED) is 0.450. The minimum atomic E-state index is -0.644. The van der Waals surface area contributed by atoms with Gasteiger partial charge in [-0.05, 0) is 59.9 Å². The van der Waals surface area contributed by atoms with Gasteiger partial charge in [0.1, 0.15) is 5.82 Å². The highest BCUT2D eigenvalue weighted by Crippen LogP contribution is 2.58. The molecular weight excluding hydrogens is 408 g/mol. The average Bonchev–Trinajstić information content (AvgIpc) is 3.41. The molecule has 6 heteroatoms. The van der Waals surface area contributed by atoms with Gasteiger partial charge in [-0.1, -0.05) is 36.4 Å². The van der Waals surface area contributed by atoms with Crippen LogP contribution in [0.5, 0.6) is 0 Å². The van der Waals surface area contributed by atoms with Gasteiger partial charge in [0.05, 0.1) is 30.5 Å². The molecule has 0 bridgehead atoms. The van der Waals surface area contributed by atoms with Crippen LogP contribution in [0, 0.1) is 11.7 Å². The second kappa shape index (κ2) is 8.19. The summed E-state index contributed by atoms with van der Waals surface area (Å²) in [5.74, 6) is -0.300. The zero-order valence-corrected chi connectivity index (χ0v) is 17.5. The first kappa shape index (κ1) is 20.4. The number of benzene rings is 3. The molecule has 32 heavy (non-hydrogen) atoms. The monoisotopic (exact) mass is 431 g/mol. The number of amides is 1. The number of aromatic nitrogens is 2. The number of carbonyl (C=O) groups is 1. The predicted molar refractivity (Wildman–Crippen MR) is 120 cm³/mol. The fraction of sp³-hybridized carbons (Fsp3) is 0.231. The second-order valence-electron chi connectivity index (χ2n) is 8.29. The Hall–Kier alpha value is -3.54. The summed E-state index contributed by atoms with van der Waals surface area (Å²) >= 11 is 0. The van der Waals surface area contributed by atoms with Gasteiger partial charge < -0.3 is 5.32 Å². The average molecular weight is 431 g/mol. The first-order valence-electron chi connectivity index (χ1n) is 10.7. The molecule has 1 heterocycles. The van der Waals surface area contributed by atoms with Gasteiger partial charge in [-0.25, -0.2) is 9.07 Å². The molecule has 1 amide bonds. The van der Waals surface area contributed by atoms with Crippen molar-refractivity contribution < 1.29 is 13.6 Å². The summed E-state index contributed by atoms with van der Waals surface area (Å²) in [5, 5.41) is 8.39. The molecule has 1 aliphatic rings. The molecule has 0 aliphatic heterocycles. The van der Waals surface area contributed by atoms with Crippen molar-refractivity contribution in [3.63, 3.8) is 0 Å². The van der Waals surface area contributed by atoms with Crippen molar-refractivity contribution >= 4 is 16.8 Å². The van der Waals surface area contributed by atoms with Crippen LogP contribution in [0.4, 0.5) is 8.78 Å². The molecule has 0 saturated heterocycles. The molecule has 0 spiro atoms. The Bertz CT molecular complexity index is 1250. The maximum absolute atomic E-state index is 13.3. The van der Waals surface area contributed by atoms with Crippen LogP contribution in [0.25, 0.3) is 16.6 Å². The number of nitrogens with one attached hydrogen (secondary N) is 1. The van der Waals surface area contributed by atoms with Crippen LogP contribution < -0.4 is 5.32 Å². The van der Waals surface area contributed by atoms with E-state index in [0.717, 1.165) is 23.0 Å². The van der Waals surface area contributed by atoms with Crippen LogP contribution in [0.3, 0.4) is 0 Å². The molecule has 5 rings (SSSR count). The van der Waals surface area contributed by atoms with E-state index >= 15 is 0 Å². The van der Waals surface area contributed by atoms with Crippen LogP contribution in [0.1, 0.15) is 24.0 Å². The molecule has 2 unspecified atom stereocenters. The summed E-state index contributed by atoms with van der Waals surface area (Å²) in [6.45, 7) is -0.129. The molecular formula is C26H23F2N3O. The van der Waals surface area contributed by atoms with E-state index in [1.54, 1.807) is 16.8 Å². The van der Waals surface area contributed by atoms with E-state index in [4.69, 9.17) is 0 Å². The Morgan fingerprint density at radius 1 is 1.06 bits per heavy atom. The van der Waals surface area contributed by atoms with E-state index in [1.165, 1.54) is 23.3 Å². The molecule has 1 aliphatic carbocycles. The normalized spacial score (nSPS) is 19.8. The molecule has 4 nitrogen and oxygen atoms in total. The smallest absolute Gasteiger partial charge is 0.222 e. The highest BCUT2D eigenvalue weighted by molar-refractivity contribution is 5.82. The third kappa shape index (κ3) is 3.55. The number of alkyl halides is 1. The van der Waals surface area contributed by atoms with Gasteiger partial charge >= 0.3 is 0 Å². The first-order chi connectivity index (χ1) is 15.6. The maximum Gasteiger partial charge on any atom is 0.222 e. The van der Waals surface area contributed by atoms with Gasteiger partial charge in [0, 0.05) is 17.3 Å². The van der Waals surface area contributed by atoms with Gasteiger partial charge in [0.2, 0.25) is 5.91 Å². The Kier molecular flexibility index (Phi) is 5.21. The number of rotatable bonds is 7. The van der Waals surface area contributed by atoms with Crippen molar-refractivity contribution in [1.82, 2.24) is 15.1 Å². The highest BCUT2D eigenvalue weighted by Gasteiger charge is 2.56. The third-order valence-corrected chi connectivity index (χ3v) is 6.42. The Morgan fingerprint density at radius 3 is 2.59 bits per heavy atom. The molecule has 2 atom stereocenters. The zero-order chi connectivity index (χ0) is 22.1. The molecule has 0 radical (unpaired) electrons. The largest absolute Gasteiger partial charge is 0.356 e. The SMILES string of the molecule is O=C(CCF)NCC1CC1(c1ccccc1)c1ccc2c(cnn2-c2ccc(F)cc2)c1. The predicted octanol–water partition coefficient (Wildman–Crippen LogP) is 4.95. The Balaban J connectivity index is 1.49. The Labute approximate surface area is 184 Å². The van der Waals surface area contributed by atoms with Crippen LogP contribution >= 0.6 is 0 Å². The van der Waals surface area contributed by atoms with Crippen LogP contribution in [-0.4, -0.2) is 28.9 Å². The standard InChI is InChI=1S/C26H23F2N3O/c27-13-12-25(32)29-17-21-15-26(21,19-4-2-1-3-5-19)20-6-11-24-18(14-20)16-30-31(24)23-9-7-22(28)8-10-23/h1-11,14,16,21H,12-13,15,17H2,(H,29,32). The number of hydrogen-bond acceptors (Lipinski definition) is 2. The van der Waals surface area contributed by atoms with Gasteiger partial charge in [-0.2, -0.15) is 5.10 Å². The van der Waals surface area contributed by atoms with Gasteiger partial charge in [-0.15, -0.1) is 0 Å². The van der Waals surface area contributed by atoms with Gasteiger partial charge in [-0.3, -0.25) is 9.18 Å². The van der Waals surface area contributed by atoms with E-state index in [9.17, 15) is 13.6 Å². The number of carbonyl (C=O) groups excluding carboxylic acids is 1. The Morgan fingerprint density at radius 2 is 1.84 bits per heavy atom. The van der Waals surface area contributed by atoms with Gasteiger partial charge in [0.15, 0.2) is 0 Å². The topological polar surface area (TPSA) is 46.9 Å². The highest BCUT2D eigenvalue weighted by atomic mass is 19.1. The first-order valence-corrected chi connectivity index (χ1v) is 10.7. The zero-order valence-electron chi connectivity index (χ0n) is 17.5. The number of hydrogen-bond donors (Lipinski definition) is 1. The summed E-state index contributed by atoms with van der Waals surface area (Å²) in [6, 6.07) is 22.9. The fourth-order valence-corrected chi connectivity index (χ4v) is 4.70. The molecule has 3 aromatic carbocycles. The molecule has 4 aromatic rings. The number of nitrogens with zero attached hydrogens (tertiary/aromatic N) is 2. The second-order valence-corrected chi connectivity index (χ2v) is 8.29. The third-order valence-electron chi connectivity index (χ3n) is 6.42. The van der Waals surface area contributed by atoms with Crippen molar-refractivity contribution in [1.29, 1.82) is 0 Å². The van der Waals surface area contributed by atoms with Crippen LogP contribution in [-0.2, 0) is 10.2 Å². The van der Waals surface area contributed by atoms with E-state index in [-0.39, 0.29) is 29.5 Å². The molecule has 162 valence electrons. The lowest BCUT2D eigenvalue weighted by molar-refractivity contribution is -0.121. The van der Waals surface area contributed by atoms with Crippen molar-refractivity contribution in [2.24, 2.45) is 5.92 Å². The number of halogens is 2. The molecule has 1 saturated carbocycles. The van der Waals surface area contributed by atoms with Crippen LogP contribution in [0.2, 0.25) is 0 Å². The maximum atomic E-state index is 13.3. The summed E-state index contributed by atoms with van der Waals surface area (Å²) in [4.78, 5) is 11.8. The number of fused-ring (bicyclic) bond motifs is 1. The van der Waals surface area contributed by atoms with Crippen molar-refractivity contribution in [2.45, 2.75) is 18.3 Å². The minimum Gasteiger partial charge on any atom is -0.356 e. The van der Waals surface area contributed by atoms with Crippen LogP contribution in [0.15, 0.2) is 79.0 Å². The van der Waals surface area contributed by atoms with Crippen molar-refractivity contribution in [3.8, 4) is 5.69 Å². The van der Waals surface area contributed by atoms with E-state index in [2.05, 4.69) is 34.7 Å². The van der Waals surface area contributed by atoms with E-state index in [0.29, 0.717) is 6.54 Å². The summed E-state index contributed by atoms with van der Waals surface area (Å²) in [7, 11) is 0. The van der Waals surface area contributed by atoms with Gasteiger partial charge in [0.25, 0.3) is 0 Å². The lowest BCUT2D eigenvalue weighted by atomic mass is 9.85. The van der Waals surface area contributed by atoms with E-state index in [1.807, 2.05) is 30.5 Å². The summed E-state index contributed by atoms with van der Waals surface area (Å²) in [5.41, 5.74) is 3.91. The minimum absolute atomic E-state index is 0.0976. The summed E-state index contributed by atoms with van der Waals surface area (Å²) < 4.78 is 27.6. The van der Waals surface area contributed by atoms with Crippen molar-refractivity contribution in [2.75, 3.05) is 13.2 Å².